The first kappa shape index (κ1) is 13.7. The van der Waals surface area contributed by atoms with E-state index >= 15 is 0 Å². The van der Waals surface area contributed by atoms with Crippen molar-refractivity contribution in [1.29, 1.82) is 0 Å². The maximum atomic E-state index is 11.2. The Morgan fingerprint density at radius 1 is 1.39 bits per heavy atom. The van der Waals surface area contributed by atoms with E-state index in [-0.39, 0.29) is 29.4 Å². The van der Waals surface area contributed by atoms with Crippen molar-refractivity contribution in [2.75, 3.05) is 26.1 Å². The quantitative estimate of drug-likeness (QED) is 0.584. The third-order valence-electron chi connectivity index (χ3n) is 2.16. The van der Waals surface area contributed by atoms with Crippen molar-refractivity contribution in [1.82, 2.24) is 0 Å². The third kappa shape index (κ3) is 2.86. The van der Waals surface area contributed by atoms with Crippen LogP contribution in [-0.4, -0.2) is 31.6 Å². The topological polar surface area (TPSA) is 117 Å². The molecule has 0 saturated carbocycles. The number of methoxy groups -OCH3 is 2. The van der Waals surface area contributed by atoms with Gasteiger partial charge in [0.1, 0.15) is 5.69 Å². The highest BCUT2D eigenvalue weighted by atomic mass is 16.6. The highest BCUT2D eigenvalue weighted by Gasteiger charge is 2.20. The molecular weight excluding hydrogens is 242 g/mol. The maximum Gasteiger partial charge on any atom is 0.296 e. The van der Waals surface area contributed by atoms with E-state index in [0.717, 1.165) is 0 Å². The minimum Gasteiger partial charge on any atom is -0.493 e. The van der Waals surface area contributed by atoms with E-state index in [0.29, 0.717) is 0 Å². The average Bonchev–Trinajstić information content (AvgIpc) is 2.37. The van der Waals surface area contributed by atoms with Gasteiger partial charge in [-0.2, -0.15) is 0 Å². The molecule has 8 nitrogen and oxygen atoms in total. The SMILES string of the molecule is COc1cc(NC(=O)CN)c([N+](=O)[O-])cc1OC. The second-order valence-corrected chi connectivity index (χ2v) is 3.23. The average molecular weight is 255 g/mol. The second kappa shape index (κ2) is 5.82. The number of anilines is 1. The Morgan fingerprint density at radius 2 is 1.94 bits per heavy atom. The van der Waals surface area contributed by atoms with Crippen LogP contribution in [0.4, 0.5) is 11.4 Å². The molecule has 0 fully saturated rings. The Balaban J connectivity index is 3.28. The Labute approximate surface area is 103 Å². The van der Waals surface area contributed by atoms with Crippen LogP contribution < -0.4 is 20.5 Å². The number of hydrogen-bond donors (Lipinski definition) is 2. The zero-order valence-electron chi connectivity index (χ0n) is 9.93. The normalized spacial score (nSPS) is 9.72. The van der Waals surface area contributed by atoms with Crippen LogP contribution >= 0.6 is 0 Å². The predicted octanol–water partition coefficient (Wildman–Crippen LogP) is 0.509. The molecule has 3 N–H and O–H groups in total. The number of carbonyl (C=O) groups excluding carboxylic acids is 1. The van der Waals surface area contributed by atoms with Crippen LogP contribution in [0.25, 0.3) is 0 Å². The fraction of sp³-hybridized carbons (Fsp3) is 0.300. The standard InChI is InChI=1S/C10H13N3O5/c1-17-8-3-6(12-10(14)5-11)7(13(15)16)4-9(8)18-2/h3-4H,5,11H2,1-2H3,(H,12,14). The molecule has 98 valence electrons. The maximum absolute atomic E-state index is 11.2. The van der Waals surface area contributed by atoms with Crippen molar-refractivity contribution >= 4 is 17.3 Å². The summed E-state index contributed by atoms with van der Waals surface area (Å²) >= 11 is 0. The van der Waals surface area contributed by atoms with Crippen LogP contribution in [-0.2, 0) is 4.79 Å². The van der Waals surface area contributed by atoms with Crippen LogP contribution in [0, 0.1) is 10.1 Å². The minimum absolute atomic E-state index is 0.00750. The van der Waals surface area contributed by atoms with Gasteiger partial charge in [0.05, 0.1) is 31.8 Å². The number of nitro benzene ring substituents is 1. The molecule has 18 heavy (non-hydrogen) atoms. The molecule has 8 heteroatoms. The van der Waals surface area contributed by atoms with E-state index in [4.69, 9.17) is 15.2 Å². The van der Waals surface area contributed by atoms with E-state index in [9.17, 15) is 14.9 Å². The molecule has 0 bridgehead atoms. The van der Waals surface area contributed by atoms with Crippen LogP contribution in [0.5, 0.6) is 11.5 Å². The van der Waals surface area contributed by atoms with Crippen molar-refractivity contribution in [3.05, 3.63) is 22.2 Å². The van der Waals surface area contributed by atoms with Gasteiger partial charge >= 0.3 is 0 Å². The Morgan fingerprint density at radius 3 is 2.39 bits per heavy atom. The Hall–Kier alpha value is -2.35. The first-order valence-electron chi connectivity index (χ1n) is 4.93. The summed E-state index contributed by atoms with van der Waals surface area (Å²) in [5.41, 5.74) is 4.85. The van der Waals surface area contributed by atoms with Crippen LogP contribution in [0.15, 0.2) is 12.1 Å². The number of carbonyl (C=O) groups is 1. The second-order valence-electron chi connectivity index (χ2n) is 3.23. The number of ether oxygens (including phenoxy) is 2. The summed E-state index contributed by atoms with van der Waals surface area (Å²) in [6.07, 6.45) is 0. The summed E-state index contributed by atoms with van der Waals surface area (Å²) in [7, 11) is 2.75. The van der Waals surface area contributed by atoms with E-state index < -0.39 is 10.8 Å². The molecule has 0 saturated heterocycles. The molecule has 1 amide bonds. The number of nitrogens with two attached hydrogens (primary N) is 1. The monoisotopic (exact) mass is 255 g/mol. The zero-order chi connectivity index (χ0) is 13.7. The lowest BCUT2D eigenvalue weighted by Crippen LogP contribution is -2.22. The molecule has 1 aromatic rings. The third-order valence-corrected chi connectivity index (χ3v) is 2.16. The highest BCUT2D eigenvalue weighted by molar-refractivity contribution is 5.94. The fourth-order valence-electron chi connectivity index (χ4n) is 1.32. The predicted molar refractivity (Wildman–Crippen MR) is 63.9 cm³/mol. The van der Waals surface area contributed by atoms with Gasteiger partial charge in [0, 0.05) is 6.07 Å². The van der Waals surface area contributed by atoms with E-state index in [1.54, 1.807) is 0 Å². The summed E-state index contributed by atoms with van der Waals surface area (Å²) in [5.74, 6) is -0.0595. The molecule has 0 aliphatic carbocycles. The molecule has 0 heterocycles. The van der Waals surface area contributed by atoms with Crippen molar-refractivity contribution in [2.24, 2.45) is 5.73 Å². The molecular formula is C10H13N3O5. The number of nitrogens with zero attached hydrogens (tertiary/aromatic N) is 1. The van der Waals surface area contributed by atoms with Gasteiger partial charge < -0.3 is 20.5 Å². The lowest BCUT2D eigenvalue weighted by atomic mass is 10.2. The number of hydrogen-bond acceptors (Lipinski definition) is 6. The lowest BCUT2D eigenvalue weighted by Gasteiger charge is -2.10. The zero-order valence-corrected chi connectivity index (χ0v) is 9.93. The number of nitro groups is 1. The van der Waals surface area contributed by atoms with Crippen molar-refractivity contribution < 1.29 is 19.2 Å². The Bertz CT molecular complexity index is 475. The lowest BCUT2D eigenvalue weighted by molar-refractivity contribution is -0.384. The van der Waals surface area contributed by atoms with Gasteiger partial charge in [-0.1, -0.05) is 0 Å². The van der Waals surface area contributed by atoms with Crippen LogP contribution in [0.3, 0.4) is 0 Å². The van der Waals surface area contributed by atoms with Crippen molar-refractivity contribution in [3.8, 4) is 11.5 Å². The van der Waals surface area contributed by atoms with E-state index in [1.165, 1.54) is 26.4 Å². The first-order chi connectivity index (χ1) is 8.53. The van der Waals surface area contributed by atoms with Gasteiger partial charge in [0.15, 0.2) is 11.5 Å². The minimum atomic E-state index is -0.631. The van der Waals surface area contributed by atoms with Gasteiger partial charge in [-0.05, 0) is 0 Å². The number of amides is 1. The van der Waals surface area contributed by atoms with E-state index in [2.05, 4.69) is 5.32 Å². The van der Waals surface area contributed by atoms with E-state index in [1.807, 2.05) is 0 Å². The summed E-state index contributed by atoms with van der Waals surface area (Å²) < 4.78 is 9.94. The summed E-state index contributed by atoms with van der Waals surface area (Å²) in [5, 5.41) is 13.2. The molecule has 0 aliphatic rings. The summed E-state index contributed by atoms with van der Waals surface area (Å²) in [6, 6.07) is 2.48. The van der Waals surface area contributed by atoms with Gasteiger partial charge in [0.2, 0.25) is 5.91 Å². The first-order valence-corrected chi connectivity index (χ1v) is 4.93. The molecule has 1 aromatic carbocycles. The van der Waals surface area contributed by atoms with Gasteiger partial charge in [0.25, 0.3) is 5.69 Å². The molecule has 0 spiro atoms. The molecule has 0 aromatic heterocycles. The number of benzene rings is 1. The van der Waals surface area contributed by atoms with Gasteiger partial charge in [-0.15, -0.1) is 0 Å². The summed E-state index contributed by atoms with van der Waals surface area (Å²) in [6.45, 7) is -0.272. The number of nitrogens with one attached hydrogen (secondary N) is 1. The van der Waals surface area contributed by atoms with Crippen molar-refractivity contribution in [3.63, 3.8) is 0 Å². The van der Waals surface area contributed by atoms with Crippen molar-refractivity contribution in [2.45, 2.75) is 0 Å². The molecule has 0 aliphatic heterocycles. The Kier molecular flexibility index (Phi) is 4.44. The molecule has 0 radical (unpaired) electrons. The van der Waals surface area contributed by atoms with Crippen LogP contribution in [0.1, 0.15) is 0 Å². The molecule has 0 unspecified atom stereocenters. The largest absolute Gasteiger partial charge is 0.493 e. The van der Waals surface area contributed by atoms with Gasteiger partial charge in [-0.3, -0.25) is 14.9 Å². The smallest absolute Gasteiger partial charge is 0.296 e. The number of rotatable bonds is 5. The molecule has 0 atom stereocenters. The highest BCUT2D eigenvalue weighted by Crippen LogP contribution is 2.37. The fourth-order valence-corrected chi connectivity index (χ4v) is 1.32. The molecule has 1 rings (SSSR count). The summed E-state index contributed by atoms with van der Waals surface area (Å²) in [4.78, 5) is 21.4. The van der Waals surface area contributed by atoms with Crippen LogP contribution in [0.2, 0.25) is 0 Å². The van der Waals surface area contributed by atoms with Gasteiger partial charge in [-0.25, -0.2) is 0 Å².